The first-order valence-corrected chi connectivity index (χ1v) is 9.60. The predicted octanol–water partition coefficient (Wildman–Crippen LogP) is 2.05. The Kier molecular flexibility index (Phi) is 8.02. The highest BCUT2D eigenvalue weighted by atomic mass is 32.1. The highest BCUT2D eigenvalue weighted by Gasteiger charge is 2.02. The number of nitrogens with one attached hydrogen (secondary N) is 1. The minimum atomic E-state index is 0.858. The van der Waals surface area contributed by atoms with Crippen molar-refractivity contribution in [2.75, 3.05) is 44.9 Å². The molecular formula is C21H31N3S+2. The summed E-state index contributed by atoms with van der Waals surface area (Å²) in [6, 6.07) is 13.0. The van der Waals surface area contributed by atoms with E-state index >= 15 is 0 Å². The molecule has 25 heavy (non-hydrogen) atoms. The van der Waals surface area contributed by atoms with E-state index in [2.05, 4.69) is 104 Å². The van der Waals surface area contributed by atoms with Gasteiger partial charge in [-0.05, 0) is 23.3 Å². The molecule has 0 atom stereocenters. The van der Waals surface area contributed by atoms with E-state index in [9.17, 15) is 0 Å². The minimum Gasteiger partial charge on any atom is -0.374 e. The van der Waals surface area contributed by atoms with E-state index in [1.165, 1.54) is 34.7 Å². The third kappa shape index (κ3) is 6.92. The number of hydrogen-bond donors (Lipinski definition) is 2. The van der Waals surface area contributed by atoms with Gasteiger partial charge in [-0.1, -0.05) is 24.3 Å². The summed E-state index contributed by atoms with van der Waals surface area (Å²) in [5, 5.41) is 0. The summed E-state index contributed by atoms with van der Waals surface area (Å²) >= 11 is 4.26. The second kappa shape index (κ2) is 10.3. The van der Waals surface area contributed by atoms with Crippen LogP contribution in [0, 0.1) is 0 Å². The smallest absolute Gasteiger partial charge is 0.169 e. The average molecular weight is 358 g/mol. The second-order valence-corrected chi connectivity index (χ2v) is 7.20. The van der Waals surface area contributed by atoms with Crippen LogP contribution in [0.2, 0.25) is 0 Å². The number of anilines is 1. The van der Waals surface area contributed by atoms with Crippen LogP contribution in [0.15, 0.2) is 48.8 Å². The second-order valence-electron chi connectivity index (χ2n) is 6.75. The SMILES string of the molecule is CN(CCC[NH+](C)C)c1ccc(/C=C/c2cc[n+](CCS)cc2)cc1. The lowest BCUT2D eigenvalue weighted by molar-refractivity contribution is -0.858. The van der Waals surface area contributed by atoms with Crippen LogP contribution in [0.1, 0.15) is 17.5 Å². The summed E-state index contributed by atoms with van der Waals surface area (Å²) in [5.74, 6) is 0.858. The molecule has 1 N–H and O–H groups in total. The van der Waals surface area contributed by atoms with Gasteiger partial charge in [0.15, 0.2) is 18.9 Å². The Morgan fingerprint density at radius 2 is 1.60 bits per heavy atom. The molecule has 0 radical (unpaired) electrons. The quantitative estimate of drug-likeness (QED) is 0.517. The number of rotatable bonds is 9. The van der Waals surface area contributed by atoms with Gasteiger partial charge in [0.1, 0.15) is 0 Å². The van der Waals surface area contributed by atoms with Gasteiger partial charge < -0.3 is 9.80 Å². The van der Waals surface area contributed by atoms with E-state index in [1.807, 2.05) is 0 Å². The number of aromatic nitrogens is 1. The summed E-state index contributed by atoms with van der Waals surface area (Å²) < 4.78 is 2.15. The zero-order valence-corrected chi connectivity index (χ0v) is 16.5. The maximum atomic E-state index is 4.26. The monoisotopic (exact) mass is 357 g/mol. The molecule has 1 aromatic heterocycles. The Bertz CT molecular complexity index is 648. The van der Waals surface area contributed by atoms with E-state index in [-0.39, 0.29) is 0 Å². The molecule has 0 fully saturated rings. The number of pyridine rings is 1. The average Bonchev–Trinajstić information content (AvgIpc) is 2.61. The Hall–Kier alpha value is -1.78. The van der Waals surface area contributed by atoms with Crippen LogP contribution in [-0.2, 0) is 6.54 Å². The van der Waals surface area contributed by atoms with Crippen molar-refractivity contribution in [3.05, 3.63) is 59.9 Å². The number of thiol groups is 1. The molecule has 0 unspecified atom stereocenters. The van der Waals surface area contributed by atoms with Gasteiger partial charge in [-0.2, -0.15) is 12.6 Å². The Morgan fingerprint density at radius 3 is 2.16 bits per heavy atom. The van der Waals surface area contributed by atoms with E-state index in [0.717, 1.165) is 18.8 Å². The van der Waals surface area contributed by atoms with Crippen molar-refractivity contribution in [2.24, 2.45) is 0 Å². The summed E-state index contributed by atoms with van der Waals surface area (Å²) in [6.07, 6.45) is 9.73. The van der Waals surface area contributed by atoms with E-state index in [4.69, 9.17) is 0 Å². The lowest BCUT2D eigenvalue weighted by Crippen LogP contribution is -3.05. The number of quaternary nitrogens is 1. The summed E-state index contributed by atoms with van der Waals surface area (Å²) in [7, 11) is 6.57. The molecule has 0 saturated carbocycles. The number of aryl methyl sites for hydroxylation is 1. The van der Waals surface area contributed by atoms with Crippen LogP contribution in [0.5, 0.6) is 0 Å². The molecule has 134 valence electrons. The van der Waals surface area contributed by atoms with Crippen molar-refractivity contribution >= 4 is 30.5 Å². The van der Waals surface area contributed by atoms with E-state index in [0.29, 0.717) is 0 Å². The van der Waals surface area contributed by atoms with Crippen LogP contribution in [-0.4, -0.2) is 40.0 Å². The van der Waals surface area contributed by atoms with Gasteiger partial charge in [-0.15, -0.1) is 0 Å². The first-order chi connectivity index (χ1) is 12.1. The van der Waals surface area contributed by atoms with Gasteiger partial charge in [-0.3, -0.25) is 0 Å². The molecule has 0 aliphatic heterocycles. The van der Waals surface area contributed by atoms with E-state index < -0.39 is 0 Å². The number of hydrogen-bond acceptors (Lipinski definition) is 2. The lowest BCUT2D eigenvalue weighted by Gasteiger charge is -2.19. The summed E-state index contributed by atoms with van der Waals surface area (Å²) in [4.78, 5) is 3.83. The minimum absolute atomic E-state index is 0.858. The third-order valence-electron chi connectivity index (χ3n) is 4.25. The van der Waals surface area contributed by atoms with Gasteiger partial charge in [0.05, 0.1) is 20.6 Å². The molecule has 0 bridgehead atoms. The Morgan fingerprint density at radius 1 is 1.00 bits per heavy atom. The van der Waals surface area contributed by atoms with E-state index in [1.54, 1.807) is 0 Å². The van der Waals surface area contributed by atoms with Crippen molar-refractivity contribution in [1.82, 2.24) is 0 Å². The van der Waals surface area contributed by atoms with Crippen LogP contribution in [0.25, 0.3) is 12.2 Å². The fourth-order valence-electron chi connectivity index (χ4n) is 2.68. The first-order valence-electron chi connectivity index (χ1n) is 8.97. The standard InChI is InChI=1S/C21H29N3S/c1-22(2)13-4-14-23(3)21-9-7-19(8-10-21)5-6-20-11-15-24(16-12-20)17-18-25/h5-12,15-16H,4,13-14,17-18H2,1-3H3/p+2. The molecule has 0 spiro atoms. The van der Waals surface area contributed by atoms with Crippen molar-refractivity contribution in [3.63, 3.8) is 0 Å². The lowest BCUT2D eigenvalue weighted by atomic mass is 10.1. The fraction of sp³-hybridized carbons (Fsp3) is 0.381. The molecule has 2 rings (SSSR count). The van der Waals surface area contributed by atoms with Gasteiger partial charge in [0, 0.05) is 43.6 Å². The van der Waals surface area contributed by atoms with Crippen molar-refractivity contribution < 1.29 is 9.47 Å². The molecule has 0 aliphatic carbocycles. The van der Waals surface area contributed by atoms with Crippen LogP contribution < -0.4 is 14.4 Å². The zero-order valence-electron chi connectivity index (χ0n) is 15.7. The number of benzene rings is 1. The summed E-state index contributed by atoms with van der Waals surface area (Å²) in [5.41, 5.74) is 3.71. The van der Waals surface area contributed by atoms with Crippen LogP contribution in [0.3, 0.4) is 0 Å². The third-order valence-corrected chi connectivity index (χ3v) is 4.45. The highest BCUT2D eigenvalue weighted by Crippen LogP contribution is 2.15. The molecule has 0 amide bonds. The molecule has 1 aromatic carbocycles. The van der Waals surface area contributed by atoms with Gasteiger partial charge in [0.2, 0.25) is 0 Å². The van der Waals surface area contributed by atoms with Crippen molar-refractivity contribution in [3.8, 4) is 0 Å². The predicted molar refractivity (Wildman–Crippen MR) is 111 cm³/mol. The Labute approximate surface area is 158 Å². The fourth-order valence-corrected chi connectivity index (χ4v) is 2.91. The number of nitrogens with zero attached hydrogens (tertiary/aromatic N) is 2. The highest BCUT2D eigenvalue weighted by molar-refractivity contribution is 7.80. The Balaban J connectivity index is 1.90. The zero-order chi connectivity index (χ0) is 18.1. The molecule has 1 heterocycles. The maximum Gasteiger partial charge on any atom is 0.169 e. The topological polar surface area (TPSA) is 11.6 Å². The summed E-state index contributed by atoms with van der Waals surface area (Å²) in [6.45, 7) is 3.24. The first kappa shape index (κ1) is 19.5. The molecule has 4 heteroatoms. The molecule has 0 aliphatic rings. The van der Waals surface area contributed by atoms with Crippen molar-refractivity contribution in [1.29, 1.82) is 0 Å². The van der Waals surface area contributed by atoms with Gasteiger partial charge in [0.25, 0.3) is 0 Å². The van der Waals surface area contributed by atoms with Gasteiger partial charge in [-0.25, -0.2) is 4.57 Å². The molecule has 0 saturated heterocycles. The van der Waals surface area contributed by atoms with Crippen LogP contribution in [0.4, 0.5) is 5.69 Å². The maximum absolute atomic E-state index is 4.26. The molecular weight excluding hydrogens is 326 g/mol. The molecule has 3 nitrogen and oxygen atoms in total. The van der Waals surface area contributed by atoms with Gasteiger partial charge >= 0.3 is 0 Å². The largest absolute Gasteiger partial charge is 0.374 e. The normalized spacial score (nSPS) is 11.4. The van der Waals surface area contributed by atoms with Crippen LogP contribution >= 0.6 is 12.6 Å². The molecule has 2 aromatic rings. The van der Waals surface area contributed by atoms with Crippen molar-refractivity contribution in [2.45, 2.75) is 13.0 Å².